The van der Waals surface area contributed by atoms with Crippen LogP contribution in [0.5, 0.6) is 0 Å². The lowest BCUT2D eigenvalue weighted by molar-refractivity contribution is -0.122. The van der Waals surface area contributed by atoms with Crippen molar-refractivity contribution in [3.8, 4) is 0 Å². The van der Waals surface area contributed by atoms with Crippen LogP contribution in [0.1, 0.15) is 12.6 Å². The molecule has 1 aromatic rings. The standard InChI is InChI=1S/C12H19N3O2/c1-3-13-11-8-17-7-10(11)12(16)6-9-4-5-15(2)14-9/h4-5,10-11,13H,3,6-8H2,1-2H3. The van der Waals surface area contributed by atoms with Gasteiger partial charge in [0, 0.05) is 19.3 Å². The molecule has 1 fully saturated rings. The molecule has 0 radical (unpaired) electrons. The summed E-state index contributed by atoms with van der Waals surface area (Å²) in [5, 5.41) is 7.52. The summed E-state index contributed by atoms with van der Waals surface area (Å²) < 4.78 is 7.10. The van der Waals surface area contributed by atoms with E-state index in [4.69, 9.17) is 4.74 Å². The topological polar surface area (TPSA) is 56.1 Å². The third-order valence-corrected chi connectivity index (χ3v) is 3.08. The van der Waals surface area contributed by atoms with E-state index in [2.05, 4.69) is 10.4 Å². The number of nitrogens with one attached hydrogen (secondary N) is 1. The van der Waals surface area contributed by atoms with E-state index in [0.717, 1.165) is 12.2 Å². The Kier molecular flexibility index (Phi) is 3.91. The molecule has 2 unspecified atom stereocenters. The highest BCUT2D eigenvalue weighted by atomic mass is 16.5. The van der Waals surface area contributed by atoms with Crippen LogP contribution in [-0.2, 0) is 23.0 Å². The lowest BCUT2D eigenvalue weighted by Crippen LogP contribution is -2.39. The number of aryl methyl sites for hydroxylation is 1. The molecule has 94 valence electrons. The van der Waals surface area contributed by atoms with Crippen LogP contribution < -0.4 is 5.32 Å². The molecule has 17 heavy (non-hydrogen) atoms. The molecule has 0 saturated carbocycles. The van der Waals surface area contributed by atoms with Gasteiger partial charge in [-0.3, -0.25) is 9.48 Å². The van der Waals surface area contributed by atoms with Gasteiger partial charge in [-0.1, -0.05) is 6.92 Å². The van der Waals surface area contributed by atoms with Crippen molar-refractivity contribution in [1.29, 1.82) is 0 Å². The quantitative estimate of drug-likeness (QED) is 0.792. The number of Topliss-reactive ketones (excluding diaryl/α,β-unsaturated/α-hetero) is 1. The van der Waals surface area contributed by atoms with E-state index >= 15 is 0 Å². The summed E-state index contributed by atoms with van der Waals surface area (Å²) in [5.74, 6) is 0.184. The van der Waals surface area contributed by atoms with Crippen LogP contribution in [0, 0.1) is 5.92 Å². The first kappa shape index (κ1) is 12.3. The van der Waals surface area contributed by atoms with Crippen LogP contribution in [0.3, 0.4) is 0 Å². The summed E-state index contributed by atoms with van der Waals surface area (Å²) in [7, 11) is 1.86. The van der Waals surface area contributed by atoms with Crippen molar-refractivity contribution in [2.24, 2.45) is 13.0 Å². The minimum Gasteiger partial charge on any atom is -0.379 e. The van der Waals surface area contributed by atoms with Gasteiger partial charge in [0.25, 0.3) is 0 Å². The van der Waals surface area contributed by atoms with E-state index in [1.807, 2.05) is 26.2 Å². The summed E-state index contributed by atoms with van der Waals surface area (Å²) >= 11 is 0. The summed E-state index contributed by atoms with van der Waals surface area (Å²) in [6.45, 7) is 4.07. The normalized spacial score (nSPS) is 24.1. The average molecular weight is 237 g/mol. The zero-order valence-electron chi connectivity index (χ0n) is 10.3. The Bertz CT molecular complexity index is 389. The Hall–Kier alpha value is -1.20. The fourth-order valence-corrected chi connectivity index (χ4v) is 2.20. The number of hydrogen-bond donors (Lipinski definition) is 1. The van der Waals surface area contributed by atoms with Gasteiger partial charge in [-0.2, -0.15) is 5.10 Å². The van der Waals surface area contributed by atoms with E-state index in [1.165, 1.54) is 0 Å². The maximum absolute atomic E-state index is 12.1. The number of likely N-dealkylation sites (N-methyl/N-ethyl adjacent to an activating group) is 1. The van der Waals surface area contributed by atoms with Gasteiger partial charge in [0.1, 0.15) is 5.78 Å². The van der Waals surface area contributed by atoms with E-state index < -0.39 is 0 Å². The van der Waals surface area contributed by atoms with Gasteiger partial charge >= 0.3 is 0 Å². The molecular formula is C12H19N3O2. The predicted molar refractivity (Wildman–Crippen MR) is 63.7 cm³/mol. The number of ether oxygens (including phenoxy) is 1. The second kappa shape index (κ2) is 5.42. The van der Waals surface area contributed by atoms with Gasteiger partial charge in [0.15, 0.2) is 0 Å². The Morgan fingerprint density at radius 1 is 1.65 bits per heavy atom. The summed E-state index contributed by atoms with van der Waals surface area (Å²) in [5.41, 5.74) is 0.833. The summed E-state index contributed by atoms with van der Waals surface area (Å²) in [6.07, 6.45) is 2.26. The van der Waals surface area contributed by atoms with Crippen molar-refractivity contribution in [2.75, 3.05) is 19.8 Å². The van der Waals surface area contributed by atoms with Crippen molar-refractivity contribution in [1.82, 2.24) is 15.1 Å². The molecule has 1 aliphatic heterocycles. The number of hydrogen-bond acceptors (Lipinski definition) is 4. The van der Waals surface area contributed by atoms with Gasteiger partial charge in [-0.25, -0.2) is 0 Å². The van der Waals surface area contributed by atoms with Gasteiger partial charge in [0.2, 0.25) is 0 Å². The first-order chi connectivity index (χ1) is 8.20. The van der Waals surface area contributed by atoms with Gasteiger partial charge in [0.05, 0.1) is 31.2 Å². The van der Waals surface area contributed by atoms with E-state index in [9.17, 15) is 4.79 Å². The molecule has 0 amide bonds. The maximum Gasteiger partial charge on any atom is 0.145 e. The first-order valence-corrected chi connectivity index (χ1v) is 6.03. The Balaban J connectivity index is 1.95. The minimum atomic E-state index is -0.0306. The predicted octanol–water partition coefficient (Wildman–Crippen LogP) is 0.156. The van der Waals surface area contributed by atoms with Gasteiger partial charge < -0.3 is 10.1 Å². The highest BCUT2D eigenvalue weighted by Gasteiger charge is 2.33. The molecule has 0 bridgehead atoms. The molecule has 1 saturated heterocycles. The number of carbonyl (C=O) groups is 1. The fraction of sp³-hybridized carbons (Fsp3) is 0.667. The average Bonchev–Trinajstić information content (AvgIpc) is 2.88. The highest BCUT2D eigenvalue weighted by molar-refractivity contribution is 5.84. The SMILES string of the molecule is CCNC1COCC1C(=O)Cc1ccn(C)n1. The third-order valence-electron chi connectivity index (χ3n) is 3.08. The molecule has 0 aliphatic carbocycles. The number of nitrogens with zero attached hydrogens (tertiary/aromatic N) is 2. The molecule has 2 atom stereocenters. The van der Waals surface area contributed by atoms with Crippen molar-refractivity contribution < 1.29 is 9.53 Å². The molecule has 1 aromatic heterocycles. The minimum absolute atomic E-state index is 0.0306. The van der Waals surface area contributed by atoms with Crippen molar-refractivity contribution in [3.63, 3.8) is 0 Å². The molecule has 1 aliphatic rings. The number of rotatable bonds is 5. The van der Waals surface area contributed by atoms with Crippen molar-refractivity contribution >= 4 is 5.78 Å². The number of carbonyl (C=O) groups excluding carboxylic acids is 1. The molecule has 5 nitrogen and oxygen atoms in total. The molecule has 5 heteroatoms. The van der Waals surface area contributed by atoms with Crippen LogP contribution in [0.2, 0.25) is 0 Å². The van der Waals surface area contributed by atoms with Gasteiger partial charge in [-0.05, 0) is 12.6 Å². The van der Waals surface area contributed by atoms with Crippen molar-refractivity contribution in [2.45, 2.75) is 19.4 Å². The number of aromatic nitrogens is 2. The molecule has 1 N–H and O–H groups in total. The molecule has 2 heterocycles. The van der Waals surface area contributed by atoms with Crippen LogP contribution >= 0.6 is 0 Å². The van der Waals surface area contributed by atoms with Gasteiger partial charge in [-0.15, -0.1) is 0 Å². The summed E-state index contributed by atoms with van der Waals surface area (Å²) in [6, 6.07) is 2.05. The Labute approximate surface area is 101 Å². The van der Waals surface area contributed by atoms with E-state index in [-0.39, 0.29) is 17.7 Å². The fourth-order valence-electron chi connectivity index (χ4n) is 2.20. The zero-order chi connectivity index (χ0) is 12.3. The zero-order valence-corrected chi connectivity index (χ0v) is 10.3. The van der Waals surface area contributed by atoms with E-state index in [0.29, 0.717) is 19.6 Å². The molecular weight excluding hydrogens is 218 g/mol. The smallest absolute Gasteiger partial charge is 0.145 e. The Morgan fingerprint density at radius 2 is 2.47 bits per heavy atom. The second-order valence-electron chi connectivity index (χ2n) is 4.43. The molecule has 0 spiro atoms. The largest absolute Gasteiger partial charge is 0.379 e. The van der Waals surface area contributed by atoms with Crippen LogP contribution in [-0.4, -0.2) is 41.4 Å². The molecule has 2 rings (SSSR count). The number of ketones is 1. The van der Waals surface area contributed by atoms with E-state index in [1.54, 1.807) is 4.68 Å². The lowest BCUT2D eigenvalue weighted by atomic mass is 9.95. The van der Waals surface area contributed by atoms with Crippen LogP contribution in [0.15, 0.2) is 12.3 Å². The van der Waals surface area contributed by atoms with Crippen LogP contribution in [0.4, 0.5) is 0 Å². The lowest BCUT2D eigenvalue weighted by Gasteiger charge is -2.16. The maximum atomic E-state index is 12.1. The summed E-state index contributed by atoms with van der Waals surface area (Å²) in [4.78, 5) is 12.1. The van der Waals surface area contributed by atoms with Crippen molar-refractivity contribution in [3.05, 3.63) is 18.0 Å². The monoisotopic (exact) mass is 237 g/mol. The first-order valence-electron chi connectivity index (χ1n) is 6.03. The Morgan fingerprint density at radius 3 is 3.12 bits per heavy atom. The second-order valence-corrected chi connectivity index (χ2v) is 4.43. The molecule has 0 aromatic carbocycles. The third kappa shape index (κ3) is 2.92. The highest BCUT2D eigenvalue weighted by Crippen LogP contribution is 2.16. The van der Waals surface area contributed by atoms with Crippen LogP contribution in [0.25, 0.3) is 0 Å².